The number of hydrogen-bond acceptors (Lipinski definition) is 5. The lowest BCUT2D eigenvalue weighted by Crippen LogP contribution is -2.13. The number of carbonyl (C=O) groups is 1. The normalized spacial score (nSPS) is 10.4. The Morgan fingerprint density at radius 2 is 2.24 bits per heavy atom. The molecule has 0 N–H and O–H groups in total. The highest BCUT2D eigenvalue weighted by Gasteiger charge is 2.24. The molecule has 1 aromatic heterocycles. The third-order valence-electron chi connectivity index (χ3n) is 2.68. The van der Waals surface area contributed by atoms with Crippen LogP contribution in [0.25, 0.3) is 0 Å². The van der Waals surface area contributed by atoms with E-state index in [0.717, 1.165) is 23.9 Å². The van der Waals surface area contributed by atoms with Gasteiger partial charge in [0, 0.05) is 5.02 Å². The second kappa shape index (κ2) is 5.88. The first-order valence-corrected chi connectivity index (χ1v) is 6.04. The summed E-state index contributed by atoms with van der Waals surface area (Å²) in [7, 11) is 1.15. The Morgan fingerprint density at radius 1 is 1.52 bits per heavy atom. The number of hydrogen-bond donors (Lipinski definition) is 0. The molecule has 110 valence electrons. The predicted molar refractivity (Wildman–Crippen MR) is 70.7 cm³/mol. The fourth-order valence-corrected chi connectivity index (χ4v) is 1.92. The standard InChI is InChI=1S/C12H9ClFN3O4/c1-21-12(18)10-5-11(17(19)20)15-16(10)6-7-2-3-8(14)4-9(7)13/h2-5H,6H2,1H3. The Morgan fingerprint density at radius 3 is 2.81 bits per heavy atom. The maximum atomic E-state index is 13.0. The zero-order valence-electron chi connectivity index (χ0n) is 10.7. The molecule has 0 unspecified atom stereocenters. The first-order valence-electron chi connectivity index (χ1n) is 5.67. The van der Waals surface area contributed by atoms with Gasteiger partial charge < -0.3 is 14.9 Å². The minimum atomic E-state index is -0.770. The Labute approximate surface area is 123 Å². The van der Waals surface area contributed by atoms with Gasteiger partial charge in [0.1, 0.15) is 5.82 Å². The molecule has 0 amide bonds. The van der Waals surface area contributed by atoms with Crippen molar-refractivity contribution in [2.24, 2.45) is 0 Å². The summed E-state index contributed by atoms with van der Waals surface area (Å²) in [6.45, 7) is -0.0304. The highest BCUT2D eigenvalue weighted by molar-refractivity contribution is 6.31. The number of methoxy groups -OCH3 is 1. The zero-order chi connectivity index (χ0) is 15.6. The number of aromatic nitrogens is 2. The lowest BCUT2D eigenvalue weighted by Gasteiger charge is -2.04. The molecule has 1 heterocycles. The molecule has 1 aromatic carbocycles. The number of carbonyl (C=O) groups excluding carboxylic acids is 1. The fraction of sp³-hybridized carbons (Fsp3) is 0.167. The molecule has 0 aliphatic rings. The number of nitrogens with zero attached hydrogens (tertiary/aromatic N) is 3. The van der Waals surface area contributed by atoms with Gasteiger partial charge in [-0.2, -0.15) is 4.68 Å². The minimum absolute atomic E-state index is 0.0304. The summed E-state index contributed by atoms with van der Waals surface area (Å²) in [4.78, 5) is 21.6. The molecule has 2 aromatic rings. The topological polar surface area (TPSA) is 87.3 Å². The lowest BCUT2D eigenvalue weighted by molar-refractivity contribution is -0.389. The molecule has 0 radical (unpaired) electrons. The molecule has 7 nitrogen and oxygen atoms in total. The van der Waals surface area contributed by atoms with Crippen LogP contribution in [-0.2, 0) is 11.3 Å². The van der Waals surface area contributed by atoms with Gasteiger partial charge in [0.2, 0.25) is 0 Å². The van der Waals surface area contributed by atoms with Crippen LogP contribution in [0.5, 0.6) is 0 Å². The highest BCUT2D eigenvalue weighted by Crippen LogP contribution is 2.20. The van der Waals surface area contributed by atoms with Crippen LogP contribution in [0.2, 0.25) is 5.02 Å². The van der Waals surface area contributed by atoms with E-state index in [-0.39, 0.29) is 17.3 Å². The van der Waals surface area contributed by atoms with Gasteiger partial charge in [-0.1, -0.05) is 17.7 Å². The Hall–Kier alpha value is -2.48. The number of halogens is 2. The quantitative estimate of drug-likeness (QED) is 0.491. The van der Waals surface area contributed by atoms with E-state index in [1.165, 1.54) is 12.1 Å². The minimum Gasteiger partial charge on any atom is -0.464 e. The average molecular weight is 314 g/mol. The van der Waals surface area contributed by atoms with E-state index in [1.807, 2.05) is 0 Å². The predicted octanol–water partition coefficient (Wildman–Crippen LogP) is 2.42. The van der Waals surface area contributed by atoms with Gasteiger partial charge in [-0.15, -0.1) is 0 Å². The van der Waals surface area contributed by atoms with Crippen molar-refractivity contribution in [1.82, 2.24) is 9.78 Å². The summed E-state index contributed by atoms with van der Waals surface area (Å²) in [5.74, 6) is -1.77. The summed E-state index contributed by atoms with van der Waals surface area (Å²) >= 11 is 5.88. The van der Waals surface area contributed by atoms with Crippen molar-refractivity contribution >= 4 is 23.4 Å². The second-order valence-corrected chi connectivity index (χ2v) is 4.44. The third kappa shape index (κ3) is 3.16. The van der Waals surface area contributed by atoms with Crippen LogP contribution in [0, 0.1) is 15.9 Å². The van der Waals surface area contributed by atoms with Crippen LogP contribution in [0.4, 0.5) is 10.2 Å². The Bertz CT molecular complexity index is 717. The molecule has 0 saturated heterocycles. The molecule has 0 aliphatic carbocycles. The SMILES string of the molecule is COC(=O)c1cc([N+](=O)[O-])nn1Cc1ccc(F)cc1Cl. The van der Waals surface area contributed by atoms with Crippen molar-refractivity contribution in [2.75, 3.05) is 7.11 Å². The number of ether oxygens (including phenoxy) is 1. The van der Waals surface area contributed by atoms with Crippen molar-refractivity contribution in [2.45, 2.75) is 6.54 Å². The van der Waals surface area contributed by atoms with Crippen LogP contribution in [-0.4, -0.2) is 27.8 Å². The fourth-order valence-electron chi connectivity index (χ4n) is 1.69. The lowest BCUT2D eigenvalue weighted by atomic mass is 10.2. The maximum Gasteiger partial charge on any atom is 0.390 e. The van der Waals surface area contributed by atoms with Crippen LogP contribution in [0.3, 0.4) is 0 Å². The molecule has 9 heteroatoms. The van der Waals surface area contributed by atoms with Gasteiger partial charge in [0.15, 0.2) is 5.69 Å². The summed E-state index contributed by atoms with van der Waals surface area (Å²) < 4.78 is 18.6. The van der Waals surface area contributed by atoms with E-state index in [9.17, 15) is 19.3 Å². The first-order chi connectivity index (χ1) is 9.92. The third-order valence-corrected chi connectivity index (χ3v) is 3.04. The number of benzene rings is 1. The first kappa shape index (κ1) is 14.9. The van der Waals surface area contributed by atoms with Crippen molar-refractivity contribution in [3.8, 4) is 0 Å². The Kier molecular flexibility index (Phi) is 4.18. The van der Waals surface area contributed by atoms with Crippen molar-refractivity contribution < 1.29 is 18.8 Å². The van der Waals surface area contributed by atoms with Gasteiger partial charge in [0.05, 0.1) is 24.8 Å². The molecule has 0 bridgehead atoms. The molecule has 0 saturated carbocycles. The molecule has 0 aliphatic heterocycles. The van der Waals surface area contributed by atoms with Crippen LogP contribution in [0.1, 0.15) is 16.1 Å². The van der Waals surface area contributed by atoms with E-state index < -0.39 is 22.5 Å². The molecule has 0 fully saturated rings. The van der Waals surface area contributed by atoms with E-state index >= 15 is 0 Å². The van der Waals surface area contributed by atoms with E-state index in [2.05, 4.69) is 9.84 Å². The number of nitro groups is 1. The molecule has 0 atom stereocenters. The summed E-state index contributed by atoms with van der Waals surface area (Å²) in [5.41, 5.74) is 0.366. The van der Waals surface area contributed by atoms with Crippen molar-refractivity contribution in [3.63, 3.8) is 0 Å². The van der Waals surface area contributed by atoms with Gasteiger partial charge >= 0.3 is 11.8 Å². The number of esters is 1. The molecule has 2 rings (SSSR count). The Balaban J connectivity index is 2.42. The van der Waals surface area contributed by atoms with E-state index in [4.69, 9.17) is 11.6 Å². The largest absolute Gasteiger partial charge is 0.464 e. The summed E-state index contributed by atoms with van der Waals surface area (Å²) in [6, 6.07) is 4.71. The second-order valence-electron chi connectivity index (χ2n) is 4.03. The highest BCUT2D eigenvalue weighted by atomic mass is 35.5. The van der Waals surface area contributed by atoms with Crippen molar-refractivity contribution in [3.05, 3.63) is 56.5 Å². The maximum absolute atomic E-state index is 13.0. The molecular formula is C12H9ClFN3O4. The van der Waals surface area contributed by atoms with Crippen LogP contribution >= 0.6 is 11.6 Å². The zero-order valence-corrected chi connectivity index (χ0v) is 11.5. The summed E-state index contributed by atoms with van der Waals surface area (Å²) in [5, 5.41) is 14.6. The molecule has 0 spiro atoms. The van der Waals surface area contributed by atoms with Crippen LogP contribution < -0.4 is 0 Å². The smallest absolute Gasteiger partial charge is 0.390 e. The van der Waals surface area contributed by atoms with Gasteiger partial charge in [-0.25, -0.2) is 9.18 Å². The van der Waals surface area contributed by atoms with Crippen LogP contribution in [0.15, 0.2) is 24.3 Å². The summed E-state index contributed by atoms with van der Waals surface area (Å²) in [6.07, 6.45) is 0. The van der Waals surface area contributed by atoms with Gasteiger partial charge in [-0.3, -0.25) is 0 Å². The van der Waals surface area contributed by atoms with Gasteiger partial charge in [0.25, 0.3) is 0 Å². The van der Waals surface area contributed by atoms with E-state index in [0.29, 0.717) is 5.56 Å². The van der Waals surface area contributed by atoms with E-state index in [1.54, 1.807) is 0 Å². The molecular weight excluding hydrogens is 305 g/mol. The monoisotopic (exact) mass is 313 g/mol. The van der Waals surface area contributed by atoms with Crippen molar-refractivity contribution in [1.29, 1.82) is 0 Å². The molecule has 21 heavy (non-hydrogen) atoms. The average Bonchev–Trinajstić information content (AvgIpc) is 2.85. The number of rotatable bonds is 4. The van der Waals surface area contributed by atoms with Gasteiger partial charge in [-0.05, 0) is 22.6 Å².